The lowest BCUT2D eigenvalue weighted by Crippen LogP contribution is -2.39. The van der Waals surface area contributed by atoms with E-state index >= 15 is 0 Å². The second-order valence-electron chi connectivity index (χ2n) is 3.24. The normalized spacial score (nSPS) is 17.8. The largest absolute Gasteiger partial charge is 0.310 e. The minimum atomic E-state index is 0.427. The molecule has 0 atom stereocenters. The van der Waals surface area contributed by atoms with E-state index in [1.54, 1.807) is 6.33 Å². The highest BCUT2D eigenvalue weighted by Gasteiger charge is 2.13. The zero-order valence-corrected chi connectivity index (χ0v) is 8.24. The Morgan fingerprint density at radius 2 is 2.08 bits per heavy atom. The third-order valence-corrected chi connectivity index (χ3v) is 2.59. The molecule has 2 heterocycles. The first-order valence-corrected chi connectivity index (χ1v) is 5.15. The molecular weight excluding hydrogens is 188 g/mol. The van der Waals surface area contributed by atoms with Crippen LogP contribution in [0.15, 0.2) is 6.33 Å². The summed E-state index contributed by atoms with van der Waals surface area (Å²) in [5.74, 6) is 1.26. The Bertz CT molecular complexity index is 267. The molecule has 0 saturated carbocycles. The van der Waals surface area contributed by atoms with Crippen LogP contribution in [0.1, 0.15) is 25.1 Å². The van der Waals surface area contributed by atoms with E-state index in [-0.39, 0.29) is 0 Å². The molecule has 1 aliphatic heterocycles. The predicted molar refractivity (Wildman–Crippen MR) is 51.4 cm³/mol. The van der Waals surface area contributed by atoms with Crippen molar-refractivity contribution in [1.29, 1.82) is 0 Å². The summed E-state index contributed by atoms with van der Waals surface area (Å²) in [5, 5.41) is 10.1. The lowest BCUT2D eigenvalue weighted by molar-refractivity contribution is 0.470. The van der Waals surface area contributed by atoms with Crippen LogP contribution >= 0.6 is 11.6 Å². The molecule has 1 fully saturated rings. The number of aromatic nitrogens is 3. The lowest BCUT2D eigenvalue weighted by atomic mass is 10.2. The van der Waals surface area contributed by atoms with Gasteiger partial charge in [-0.2, -0.15) is 0 Å². The summed E-state index contributed by atoms with van der Waals surface area (Å²) in [5.41, 5.74) is 0. The topological polar surface area (TPSA) is 34.0 Å². The fraction of sp³-hybridized carbons (Fsp3) is 0.750. The van der Waals surface area contributed by atoms with Crippen molar-refractivity contribution in [2.75, 3.05) is 18.1 Å². The minimum absolute atomic E-state index is 0.427. The monoisotopic (exact) mass is 200 g/mol. The molecule has 2 rings (SSSR count). The summed E-state index contributed by atoms with van der Waals surface area (Å²) in [4.78, 5) is 0. The molecule has 0 aromatic carbocycles. The van der Waals surface area contributed by atoms with E-state index in [2.05, 4.69) is 15.2 Å². The number of nitrogens with zero attached hydrogens (tertiary/aromatic N) is 4. The number of hydrogen-bond donors (Lipinski definition) is 0. The van der Waals surface area contributed by atoms with E-state index in [4.69, 9.17) is 11.6 Å². The molecule has 1 aromatic heterocycles. The average Bonchev–Trinajstić information content (AvgIpc) is 2.67. The quantitative estimate of drug-likeness (QED) is 0.672. The highest BCUT2D eigenvalue weighted by atomic mass is 35.5. The lowest BCUT2D eigenvalue weighted by Gasteiger charge is -2.29. The molecule has 1 aromatic rings. The Morgan fingerprint density at radius 1 is 1.31 bits per heavy atom. The van der Waals surface area contributed by atoms with E-state index in [0.717, 1.165) is 18.9 Å². The van der Waals surface area contributed by atoms with Crippen molar-refractivity contribution in [2.24, 2.45) is 0 Å². The van der Waals surface area contributed by atoms with Crippen molar-refractivity contribution in [3.63, 3.8) is 0 Å². The van der Waals surface area contributed by atoms with Gasteiger partial charge in [-0.3, -0.25) is 0 Å². The molecule has 72 valence electrons. The van der Waals surface area contributed by atoms with Gasteiger partial charge in [-0.15, -0.1) is 21.8 Å². The smallest absolute Gasteiger partial charge is 0.166 e. The zero-order valence-electron chi connectivity index (χ0n) is 7.49. The molecule has 1 aliphatic rings. The number of halogens is 1. The van der Waals surface area contributed by atoms with Gasteiger partial charge in [0.05, 0.1) is 5.88 Å². The maximum absolute atomic E-state index is 5.74. The van der Waals surface area contributed by atoms with E-state index < -0.39 is 0 Å². The van der Waals surface area contributed by atoms with Crippen LogP contribution in [-0.4, -0.2) is 28.0 Å². The van der Waals surface area contributed by atoms with Gasteiger partial charge in [-0.05, 0) is 19.3 Å². The Morgan fingerprint density at radius 3 is 2.77 bits per heavy atom. The molecule has 13 heavy (non-hydrogen) atoms. The highest BCUT2D eigenvalue weighted by molar-refractivity contribution is 6.16. The Labute approximate surface area is 82.5 Å². The van der Waals surface area contributed by atoms with Crippen LogP contribution < -0.4 is 5.01 Å². The van der Waals surface area contributed by atoms with Crippen molar-refractivity contribution < 1.29 is 0 Å². The fourth-order valence-electron chi connectivity index (χ4n) is 1.67. The maximum atomic E-state index is 5.74. The summed E-state index contributed by atoms with van der Waals surface area (Å²) in [6.07, 6.45) is 5.57. The molecule has 1 saturated heterocycles. The number of hydrogen-bond acceptors (Lipinski definition) is 3. The van der Waals surface area contributed by atoms with E-state index in [1.165, 1.54) is 19.3 Å². The van der Waals surface area contributed by atoms with Crippen LogP contribution in [0, 0.1) is 0 Å². The third-order valence-electron chi connectivity index (χ3n) is 2.36. The van der Waals surface area contributed by atoms with Crippen LogP contribution in [0.3, 0.4) is 0 Å². The number of alkyl halides is 1. The average molecular weight is 201 g/mol. The summed E-state index contributed by atoms with van der Waals surface area (Å²) >= 11 is 5.74. The summed E-state index contributed by atoms with van der Waals surface area (Å²) in [7, 11) is 0. The first-order chi connectivity index (χ1) is 6.42. The zero-order chi connectivity index (χ0) is 9.10. The molecule has 0 aliphatic carbocycles. The van der Waals surface area contributed by atoms with Crippen molar-refractivity contribution >= 4 is 11.6 Å². The standard InChI is InChI=1S/C8H13ClN4/c9-6-8-11-10-7-13(8)12-4-2-1-3-5-12/h7H,1-6H2. The van der Waals surface area contributed by atoms with Crippen LogP contribution in [-0.2, 0) is 5.88 Å². The first-order valence-electron chi connectivity index (χ1n) is 4.62. The van der Waals surface area contributed by atoms with Crippen molar-refractivity contribution in [3.05, 3.63) is 12.2 Å². The van der Waals surface area contributed by atoms with Crippen molar-refractivity contribution in [2.45, 2.75) is 25.1 Å². The molecule has 4 nitrogen and oxygen atoms in total. The molecule has 0 amide bonds. The molecule has 0 bridgehead atoms. The summed E-state index contributed by atoms with van der Waals surface area (Å²) < 4.78 is 1.98. The van der Waals surface area contributed by atoms with E-state index in [0.29, 0.717) is 5.88 Å². The minimum Gasteiger partial charge on any atom is -0.310 e. The SMILES string of the molecule is ClCc1nncn1N1CCCCC1. The molecule has 0 unspecified atom stereocenters. The van der Waals surface area contributed by atoms with Crippen molar-refractivity contribution in [3.8, 4) is 0 Å². The van der Waals surface area contributed by atoms with Gasteiger partial charge in [-0.25, -0.2) is 4.68 Å². The van der Waals surface area contributed by atoms with E-state index in [9.17, 15) is 0 Å². The second-order valence-corrected chi connectivity index (χ2v) is 3.51. The van der Waals surface area contributed by atoms with Gasteiger partial charge < -0.3 is 5.01 Å². The van der Waals surface area contributed by atoms with Gasteiger partial charge in [0.2, 0.25) is 0 Å². The van der Waals surface area contributed by atoms with Crippen LogP contribution in [0.25, 0.3) is 0 Å². The Hall–Kier alpha value is -0.770. The first kappa shape index (κ1) is 8.81. The molecule has 0 N–H and O–H groups in total. The maximum Gasteiger partial charge on any atom is 0.166 e. The molecule has 0 spiro atoms. The predicted octanol–water partition coefficient (Wildman–Crippen LogP) is 1.14. The molecular formula is C8H13ClN4. The molecule has 0 radical (unpaired) electrons. The Kier molecular flexibility index (Phi) is 2.68. The van der Waals surface area contributed by atoms with Gasteiger partial charge in [0.15, 0.2) is 5.82 Å². The number of rotatable bonds is 2. The van der Waals surface area contributed by atoms with Gasteiger partial charge in [0.1, 0.15) is 6.33 Å². The Balaban J connectivity index is 2.13. The van der Waals surface area contributed by atoms with Crippen LogP contribution in [0.2, 0.25) is 0 Å². The van der Waals surface area contributed by atoms with Gasteiger partial charge in [0.25, 0.3) is 0 Å². The summed E-state index contributed by atoms with van der Waals surface area (Å²) in [6, 6.07) is 0. The van der Waals surface area contributed by atoms with Gasteiger partial charge in [-0.1, -0.05) is 0 Å². The van der Waals surface area contributed by atoms with E-state index in [1.807, 2.05) is 4.68 Å². The third kappa shape index (κ3) is 1.77. The van der Waals surface area contributed by atoms with Crippen molar-refractivity contribution in [1.82, 2.24) is 14.9 Å². The van der Waals surface area contributed by atoms with Crippen LogP contribution in [0.5, 0.6) is 0 Å². The molecule has 5 heteroatoms. The van der Waals surface area contributed by atoms with Gasteiger partial charge in [0, 0.05) is 13.1 Å². The highest BCUT2D eigenvalue weighted by Crippen LogP contribution is 2.09. The fourth-order valence-corrected chi connectivity index (χ4v) is 1.85. The number of piperidine rings is 1. The van der Waals surface area contributed by atoms with Gasteiger partial charge >= 0.3 is 0 Å². The second kappa shape index (κ2) is 3.96. The van der Waals surface area contributed by atoms with Crippen LogP contribution in [0.4, 0.5) is 0 Å². The summed E-state index contributed by atoms with van der Waals surface area (Å²) in [6.45, 7) is 2.17.